The first-order valence-electron chi connectivity index (χ1n) is 5.85. The number of benzene rings is 2. The highest BCUT2D eigenvalue weighted by atomic mass is 19.1. The van der Waals surface area contributed by atoms with E-state index in [0.717, 1.165) is 16.8 Å². The van der Waals surface area contributed by atoms with Gasteiger partial charge < -0.3 is 10.6 Å². The van der Waals surface area contributed by atoms with Crippen molar-refractivity contribution in [2.75, 3.05) is 17.7 Å². The lowest BCUT2D eigenvalue weighted by Crippen LogP contribution is -2.13. The van der Waals surface area contributed by atoms with Crippen LogP contribution in [0.15, 0.2) is 36.4 Å². The molecule has 0 heterocycles. The molecule has 2 nitrogen and oxygen atoms in total. The fraction of sp³-hybridized carbons (Fsp3) is 0.200. The summed E-state index contributed by atoms with van der Waals surface area (Å²) in [5.74, 6) is -0.281. The fourth-order valence-electron chi connectivity index (χ4n) is 2.02. The van der Waals surface area contributed by atoms with Crippen molar-refractivity contribution in [3.63, 3.8) is 0 Å². The lowest BCUT2D eigenvalue weighted by atomic mass is 10.1. The van der Waals surface area contributed by atoms with Crippen molar-refractivity contribution in [2.24, 2.45) is 0 Å². The number of aryl methyl sites for hydroxylation is 2. The Balaban J connectivity index is 2.50. The SMILES string of the molecule is Cc1ccc(C)c(N(C)c2cc(F)ccc2N)c1. The van der Waals surface area contributed by atoms with Gasteiger partial charge in [0.05, 0.1) is 11.4 Å². The maximum absolute atomic E-state index is 13.3. The summed E-state index contributed by atoms with van der Waals surface area (Å²) in [4.78, 5) is 1.92. The number of nitrogens with two attached hydrogens (primary N) is 1. The van der Waals surface area contributed by atoms with Gasteiger partial charge in [-0.2, -0.15) is 0 Å². The molecule has 0 saturated heterocycles. The number of nitrogens with zero attached hydrogens (tertiary/aromatic N) is 1. The molecule has 0 radical (unpaired) electrons. The Morgan fingerprint density at radius 2 is 1.72 bits per heavy atom. The van der Waals surface area contributed by atoms with Crippen LogP contribution >= 0.6 is 0 Å². The minimum atomic E-state index is -0.281. The smallest absolute Gasteiger partial charge is 0.125 e. The van der Waals surface area contributed by atoms with Gasteiger partial charge in [-0.25, -0.2) is 4.39 Å². The summed E-state index contributed by atoms with van der Waals surface area (Å²) in [6.07, 6.45) is 0. The van der Waals surface area contributed by atoms with E-state index in [1.54, 1.807) is 6.07 Å². The quantitative estimate of drug-likeness (QED) is 0.814. The van der Waals surface area contributed by atoms with Crippen molar-refractivity contribution in [2.45, 2.75) is 13.8 Å². The molecule has 0 unspecified atom stereocenters. The Bertz CT molecular complexity index is 527. The van der Waals surface area contributed by atoms with Crippen molar-refractivity contribution in [1.82, 2.24) is 0 Å². The molecular formula is C15H17FN2. The molecule has 0 atom stereocenters. The molecule has 0 aliphatic rings. The highest BCUT2D eigenvalue weighted by Gasteiger charge is 2.11. The Hall–Kier alpha value is -2.03. The second kappa shape index (κ2) is 4.69. The second-order valence-corrected chi connectivity index (χ2v) is 4.55. The molecule has 18 heavy (non-hydrogen) atoms. The average molecular weight is 244 g/mol. The molecule has 0 aliphatic carbocycles. The van der Waals surface area contributed by atoms with E-state index >= 15 is 0 Å². The van der Waals surface area contributed by atoms with Crippen LogP contribution in [-0.2, 0) is 0 Å². The molecule has 2 N–H and O–H groups in total. The monoisotopic (exact) mass is 244 g/mol. The molecule has 0 aromatic heterocycles. The highest BCUT2D eigenvalue weighted by Crippen LogP contribution is 2.32. The van der Waals surface area contributed by atoms with Crippen LogP contribution < -0.4 is 10.6 Å². The molecule has 2 aromatic carbocycles. The van der Waals surface area contributed by atoms with Crippen LogP contribution in [0.5, 0.6) is 0 Å². The van der Waals surface area contributed by atoms with Crippen LogP contribution in [-0.4, -0.2) is 7.05 Å². The summed E-state index contributed by atoms with van der Waals surface area (Å²) in [7, 11) is 1.90. The van der Waals surface area contributed by atoms with E-state index in [4.69, 9.17) is 5.73 Å². The zero-order valence-electron chi connectivity index (χ0n) is 10.9. The number of halogens is 1. The van der Waals surface area contributed by atoms with E-state index in [1.807, 2.05) is 25.8 Å². The van der Waals surface area contributed by atoms with Gasteiger partial charge in [0, 0.05) is 12.7 Å². The van der Waals surface area contributed by atoms with Gasteiger partial charge in [-0.15, -0.1) is 0 Å². The molecule has 0 amide bonds. The summed E-state index contributed by atoms with van der Waals surface area (Å²) in [6.45, 7) is 4.06. The van der Waals surface area contributed by atoms with E-state index in [-0.39, 0.29) is 5.82 Å². The van der Waals surface area contributed by atoms with Crippen LogP contribution in [0, 0.1) is 19.7 Å². The first-order valence-corrected chi connectivity index (χ1v) is 5.85. The van der Waals surface area contributed by atoms with Crippen LogP contribution in [0.4, 0.5) is 21.5 Å². The van der Waals surface area contributed by atoms with Crippen LogP contribution in [0.25, 0.3) is 0 Å². The largest absolute Gasteiger partial charge is 0.397 e. The van der Waals surface area contributed by atoms with Crippen LogP contribution in [0.2, 0.25) is 0 Å². The van der Waals surface area contributed by atoms with E-state index in [2.05, 4.69) is 18.2 Å². The molecule has 0 spiro atoms. The van der Waals surface area contributed by atoms with Gasteiger partial charge in [0.15, 0.2) is 0 Å². The van der Waals surface area contributed by atoms with E-state index in [9.17, 15) is 4.39 Å². The van der Waals surface area contributed by atoms with Gasteiger partial charge in [0.25, 0.3) is 0 Å². The first kappa shape index (κ1) is 12.4. The predicted octanol–water partition coefficient (Wildman–Crippen LogP) is 3.79. The summed E-state index contributed by atoms with van der Waals surface area (Å²) in [6, 6.07) is 10.6. The van der Waals surface area contributed by atoms with Gasteiger partial charge in [0.2, 0.25) is 0 Å². The summed E-state index contributed by atoms with van der Waals surface area (Å²) in [5, 5.41) is 0. The standard InChI is InChI=1S/C15H17FN2/c1-10-4-5-11(2)14(8-10)18(3)15-9-12(16)6-7-13(15)17/h4-9H,17H2,1-3H3. The van der Waals surface area contributed by atoms with Gasteiger partial charge in [0.1, 0.15) is 5.82 Å². The third kappa shape index (κ3) is 2.30. The fourth-order valence-corrected chi connectivity index (χ4v) is 2.02. The minimum absolute atomic E-state index is 0.281. The Morgan fingerprint density at radius 3 is 2.44 bits per heavy atom. The molecule has 2 aromatic rings. The lowest BCUT2D eigenvalue weighted by molar-refractivity contribution is 0.628. The third-order valence-corrected chi connectivity index (χ3v) is 3.08. The van der Waals surface area contributed by atoms with E-state index in [1.165, 1.54) is 12.1 Å². The van der Waals surface area contributed by atoms with Crippen molar-refractivity contribution in [1.29, 1.82) is 0 Å². The summed E-state index contributed by atoms with van der Waals surface area (Å²) in [5.41, 5.74) is 10.5. The van der Waals surface area contributed by atoms with Gasteiger partial charge in [-0.05, 0) is 49.2 Å². The maximum atomic E-state index is 13.3. The molecule has 0 saturated carbocycles. The number of nitrogen functional groups attached to an aromatic ring is 1. The van der Waals surface area contributed by atoms with Crippen molar-refractivity contribution in [3.05, 3.63) is 53.3 Å². The van der Waals surface area contributed by atoms with Gasteiger partial charge >= 0.3 is 0 Å². The number of anilines is 3. The third-order valence-electron chi connectivity index (χ3n) is 3.08. The zero-order valence-corrected chi connectivity index (χ0v) is 10.9. The first-order chi connectivity index (χ1) is 8.49. The normalized spacial score (nSPS) is 10.4. The minimum Gasteiger partial charge on any atom is -0.397 e. The van der Waals surface area contributed by atoms with E-state index in [0.29, 0.717) is 11.4 Å². The van der Waals surface area contributed by atoms with Crippen molar-refractivity contribution < 1.29 is 4.39 Å². The van der Waals surface area contributed by atoms with Crippen LogP contribution in [0.1, 0.15) is 11.1 Å². The molecule has 3 heteroatoms. The maximum Gasteiger partial charge on any atom is 0.125 e. The second-order valence-electron chi connectivity index (χ2n) is 4.55. The summed E-state index contributed by atoms with van der Waals surface area (Å²) < 4.78 is 13.3. The van der Waals surface area contributed by atoms with Crippen LogP contribution in [0.3, 0.4) is 0 Å². The number of rotatable bonds is 2. The molecule has 0 aliphatic heterocycles. The van der Waals surface area contributed by atoms with Gasteiger partial charge in [-0.1, -0.05) is 12.1 Å². The average Bonchev–Trinajstić information content (AvgIpc) is 2.34. The molecule has 0 fully saturated rings. The molecule has 94 valence electrons. The predicted molar refractivity (Wildman–Crippen MR) is 74.8 cm³/mol. The Kier molecular flexibility index (Phi) is 3.24. The topological polar surface area (TPSA) is 29.3 Å². The van der Waals surface area contributed by atoms with Gasteiger partial charge in [-0.3, -0.25) is 0 Å². The summed E-state index contributed by atoms with van der Waals surface area (Å²) >= 11 is 0. The number of hydrogen-bond acceptors (Lipinski definition) is 2. The number of hydrogen-bond donors (Lipinski definition) is 1. The van der Waals surface area contributed by atoms with E-state index < -0.39 is 0 Å². The molecule has 0 bridgehead atoms. The Morgan fingerprint density at radius 1 is 1.00 bits per heavy atom. The lowest BCUT2D eigenvalue weighted by Gasteiger charge is -2.23. The Labute approximate surface area is 107 Å². The molecule has 2 rings (SSSR count). The highest BCUT2D eigenvalue weighted by molar-refractivity contribution is 5.75. The zero-order chi connectivity index (χ0) is 13.3. The van der Waals surface area contributed by atoms with Crippen molar-refractivity contribution in [3.8, 4) is 0 Å². The molecular weight excluding hydrogens is 227 g/mol. The van der Waals surface area contributed by atoms with Crippen molar-refractivity contribution >= 4 is 17.1 Å².